The lowest BCUT2D eigenvalue weighted by Gasteiger charge is -2.27. The molecule has 1 saturated carbocycles. The Labute approximate surface area is 101 Å². The van der Waals surface area contributed by atoms with Crippen molar-refractivity contribution >= 4 is 23.3 Å². The second-order valence-electron chi connectivity index (χ2n) is 4.42. The Morgan fingerprint density at radius 1 is 1.44 bits per heavy atom. The van der Waals surface area contributed by atoms with Gasteiger partial charge in [0.1, 0.15) is 5.82 Å². The van der Waals surface area contributed by atoms with Gasteiger partial charge in [0.25, 0.3) is 0 Å². The molecular weight excluding hydrogens is 218 g/mol. The van der Waals surface area contributed by atoms with E-state index < -0.39 is 0 Å². The van der Waals surface area contributed by atoms with E-state index in [1.165, 1.54) is 25.7 Å². The Hall–Kier alpha value is -0.900. The highest BCUT2D eigenvalue weighted by atomic mass is 32.2. The van der Waals surface area contributed by atoms with Crippen molar-refractivity contribution in [2.75, 3.05) is 23.9 Å². The summed E-state index contributed by atoms with van der Waals surface area (Å²) in [5, 5.41) is 3.42. The van der Waals surface area contributed by atoms with Gasteiger partial charge in [0.15, 0.2) is 0 Å². The van der Waals surface area contributed by atoms with E-state index in [0.717, 1.165) is 12.4 Å². The van der Waals surface area contributed by atoms with Gasteiger partial charge in [-0.15, -0.1) is 0 Å². The number of rotatable bonds is 4. The number of thioether (sulfide) groups is 1. The van der Waals surface area contributed by atoms with Gasteiger partial charge < -0.3 is 11.1 Å². The molecule has 1 fully saturated rings. The van der Waals surface area contributed by atoms with E-state index in [1.54, 1.807) is 6.20 Å². The summed E-state index contributed by atoms with van der Waals surface area (Å²) in [6.45, 7) is 1.01. The Kier molecular flexibility index (Phi) is 3.59. The van der Waals surface area contributed by atoms with Gasteiger partial charge in [0.2, 0.25) is 0 Å². The molecule has 2 rings (SSSR count). The number of pyridine rings is 1. The monoisotopic (exact) mass is 237 g/mol. The van der Waals surface area contributed by atoms with E-state index >= 15 is 0 Å². The molecule has 16 heavy (non-hydrogen) atoms. The zero-order valence-electron chi connectivity index (χ0n) is 9.70. The van der Waals surface area contributed by atoms with Gasteiger partial charge in [-0.1, -0.05) is 12.8 Å². The van der Waals surface area contributed by atoms with E-state index in [0.29, 0.717) is 10.4 Å². The van der Waals surface area contributed by atoms with Crippen LogP contribution in [0.25, 0.3) is 0 Å². The molecule has 1 aromatic rings. The first-order chi connectivity index (χ1) is 7.74. The molecule has 0 bridgehead atoms. The summed E-state index contributed by atoms with van der Waals surface area (Å²) >= 11 is 1.99. The van der Waals surface area contributed by atoms with Crippen LogP contribution in [-0.4, -0.2) is 22.5 Å². The second kappa shape index (κ2) is 4.95. The lowest BCUT2D eigenvalue weighted by Crippen LogP contribution is -2.30. The van der Waals surface area contributed by atoms with Crippen LogP contribution in [0.2, 0.25) is 0 Å². The fourth-order valence-corrected chi connectivity index (χ4v) is 3.15. The SMILES string of the molecule is CSC1(CNc2ccc(N)cn2)CCCC1. The van der Waals surface area contributed by atoms with Crippen molar-refractivity contribution in [3.8, 4) is 0 Å². The molecule has 4 heteroatoms. The van der Waals surface area contributed by atoms with Crippen molar-refractivity contribution in [2.24, 2.45) is 0 Å². The van der Waals surface area contributed by atoms with Gasteiger partial charge in [0.05, 0.1) is 11.9 Å². The number of hydrogen-bond acceptors (Lipinski definition) is 4. The minimum atomic E-state index is 0.420. The number of aromatic nitrogens is 1. The van der Waals surface area contributed by atoms with Crippen molar-refractivity contribution < 1.29 is 0 Å². The maximum absolute atomic E-state index is 5.60. The average molecular weight is 237 g/mol. The molecule has 3 N–H and O–H groups in total. The van der Waals surface area contributed by atoms with Crippen molar-refractivity contribution in [3.63, 3.8) is 0 Å². The van der Waals surface area contributed by atoms with Gasteiger partial charge in [0, 0.05) is 11.3 Å². The smallest absolute Gasteiger partial charge is 0.126 e. The van der Waals surface area contributed by atoms with Crippen molar-refractivity contribution in [3.05, 3.63) is 18.3 Å². The van der Waals surface area contributed by atoms with Crippen LogP contribution >= 0.6 is 11.8 Å². The molecule has 0 unspecified atom stereocenters. The van der Waals surface area contributed by atoms with Gasteiger partial charge in [-0.05, 0) is 31.2 Å². The van der Waals surface area contributed by atoms with Crippen LogP contribution in [0.4, 0.5) is 11.5 Å². The van der Waals surface area contributed by atoms with E-state index in [9.17, 15) is 0 Å². The summed E-state index contributed by atoms with van der Waals surface area (Å²) in [6.07, 6.45) is 9.26. The number of nitrogens with two attached hydrogens (primary N) is 1. The second-order valence-corrected chi connectivity index (χ2v) is 5.70. The first-order valence-electron chi connectivity index (χ1n) is 5.75. The van der Waals surface area contributed by atoms with Crippen LogP contribution in [0.3, 0.4) is 0 Å². The minimum Gasteiger partial charge on any atom is -0.397 e. The molecule has 1 aromatic heterocycles. The van der Waals surface area contributed by atoms with E-state index in [-0.39, 0.29) is 0 Å². The number of nitrogens with one attached hydrogen (secondary N) is 1. The van der Waals surface area contributed by atoms with Crippen LogP contribution in [0.1, 0.15) is 25.7 Å². The molecule has 0 amide bonds. The number of anilines is 2. The van der Waals surface area contributed by atoms with Crippen LogP contribution in [0, 0.1) is 0 Å². The minimum absolute atomic E-state index is 0.420. The third-order valence-electron chi connectivity index (χ3n) is 3.33. The fraction of sp³-hybridized carbons (Fsp3) is 0.583. The van der Waals surface area contributed by atoms with Crippen molar-refractivity contribution in [2.45, 2.75) is 30.4 Å². The lowest BCUT2D eigenvalue weighted by molar-refractivity contribution is 0.638. The van der Waals surface area contributed by atoms with Crippen molar-refractivity contribution in [1.82, 2.24) is 4.98 Å². The quantitative estimate of drug-likeness (QED) is 0.845. The zero-order chi connectivity index (χ0) is 11.4. The molecule has 3 nitrogen and oxygen atoms in total. The molecule has 0 aromatic carbocycles. The average Bonchev–Trinajstić information content (AvgIpc) is 2.78. The van der Waals surface area contributed by atoms with Gasteiger partial charge >= 0.3 is 0 Å². The summed E-state index contributed by atoms with van der Waals surface area (Å²) in [5.74, 6) is 0.925. The highest BCUT2D eigenvalue weighted by Gasteiger charge is 2.32. The van der Waals surface area contributed by atoms with Gasteiger partial charge in [-0.2, -0.15) is 11.8 Å². The summed E-state index contributed by atoms with van der Waals surface area (Å²) in [4.78, 5) is 4.26. The molecule has 0 saturated heterocycles. The maximum Gasteiger partial charge on any atom is 0.126 e. The number of nitrogen functional groups attached to an aromatic ring is 1. The van der Waals surface area contributed by atoms with E-state index in [4.69, 9.17) is 5.73 Å². The standard InChI is InChI=1S/C12H19N3S/c1-16-12(6-2-3-7-12)9-15-11-5-4-10(13)8-14-11/h4-5,8H,2-3,6-7,9,13H2,1H3,(H,14,15). The predicted molar refractivity (Wildman–Crippen MR) is 71.9 cm³/mol. The Bertz CT molecular complexity index is 331. The zero-order valence-corrected chi connectivity index (χ0v) is 10.5. The Balaban J connectivity index is 1.93. The maximum atomic E-state index is 5.60. The Morgan fingerprint density at radius 2 is 2.19 bits per heavy atom. The molecular formula is C12H19N3S. The van der Waals surface area contributed by atoms with Gasteiger partial charge in [-0.25, -0.2) is 4.98 Å². The molecule has 0 spiro atoms. The summed E-state index contributed by atoms with van der Waals surface area (Å²) < 4.78 is 0.420. The fourth-order valence-electron chi connectivity index (χ4n) is 2.23. The summed E-state index contributed by atoms with van der Waals surface area (Å²) in [6, 6.07) is 3.83. The first-order valence-corrected chi connectivity index (χ1v) is 6.97. The highest BCUT2D eigenvalue weighted by molar-refractivity contribution is 8.00. The van der Waals surface area contributed by atoms with E-state index in [1.807, 2.05) is 23.9 Å². The van der Waals surface area contributed by atoms with E-state index in [2.05, 4.69) is 16.6 Å². The third kappa shape index (κ3) is 2.61. The summed E-state index contributed by atoms with van der Waals surface area (Å²) in [7, 11) is 0. The van der Waals surface area contributed by atoms with Gasteiger partial charge in [-0.3, -0.25) is 0 Å². The highest BCUT2D eigenvalue weighted by Crippen LogP contribution is 2.40. The molecule has 1 aliphatic carbocycles. The molecule has 1 heterocycles. The first kappa shape index (κ1) is 11.6. The van der Waals surface area contributed by atoms with Crippen LogP contribution in [-0.2, 0) is 0 Å². The van der Waals surface area contributed by atoms with Crippen LogP contribution in [0.5, 0.6) is 0 Å². The van der Waals surface area contributed by atoms with Crippen molar-refractivity contribution in [1.29, 1.82) is 0 Å². The lowest BCUT2D eigenvalue weighted by atomic mass is 10.1. The third-order valence-corrected chi connectivity index (χ3v) is 4.74. The molecule has 0 radical (unpaired) electrons. The summed E-state index contributed by atoms with van der Waals surface area (Å²) in [5.41, 5.74) is 6.32. The van der Waals surface area contributed by atoms with Crippen LogP contribution in [0.15, 0.2) is 18.3 Å². The molecule has 1 aliphatic rings. The topological polar surface area (TPSA) is 50.9 Å². The normalized spacial score (nSPS) is 18.6. The molecule has 88 valence electrons. The van der Waals surface area contributed by atoms with Crippen LogP contribution < -0.4 is 11.1 Å². The molecule has 0 aliphatic heterocycles. The Morgan fingerprint density at radius 3 is 2.75 bits per heavy atom. The largest absolute Gasteiger partial charge is 0.397 e. The number of nitrogens with zero attached hydrogens (tertiary/aromatic N) is 1. The predicted octanol–water partition coefficient (Wildman–Crippen LogP) is 2.75. The number of hydrogen-bond donors (Lipinski definition) is 2. The molecule has 0 atom stereocenters.